The van der Waals surface area contributed by atoms with Gasteiger partial charge in [-0.1, -0.05) is 0 Å². The lowest BCUT2D eigenvalue weighted by Crippen LogP contribution is -2.16. The fourth-order valence-corrected chi connectivity index (χ4v) is 0.718. The van der Waals surface area contributed by atoms with Crippen LogP contribution in [0.1, 0.15) is 6.42 Å². The van der Waals surface area contributed by atoms with Crippen LogP contribution in [0.2, 0.25) is 0 Å². The van der Waals surface area contributed by atoms with Crippen molar-refractivity contribution in [2.75, 3.05) is 11.9 Å². The van der Waals surface area contributed by atoms with Gasteiger partial charge in [0.15, 0.2) is 0 Å². The predicted molar refractivity (Wildman–Crippen MR) is 44.3 cm³/mol. The zero-order valence-corrected chi connectivity index (χ0v) is 6.53. The SMILES string of the molecule is NCCC(=O)Nc1cncnc1. The number of hydrogen-bond donors (Lipinski definition) is 2. The number of nitrogens with zero attached hydrogens (tertiary/aromatic N) is 2. The van der Waals surface area contributed by atoms with Crippen LogP contribution in [0.4, 0.5) is 5.69 Å². The third kappa shape index (κ3) is 2.63. The summed E-state index contributed by atoms with van der Waals surface area (Å²) in [5.74, 6) is -0.118. The molecule has 0 aliphatic carbocycles. The van der Waals surface area contributed by atoms with Crippen LogP contribution in [-0.2, 0) is 4.79 Å². The van der Waals surface area contributed by atoms with Crippen LogP contribution < -0.4 is 11.1 Å². The molecule has 1 aromatic heterocycles. The van der Waals surface area contributed by atoms with Crippen LogP contribution in [0.15, 0.2) is 18.7 Å². The van der Waals surface area contributed by atoms with Gasteiger partial charge in [-0.25, -0.2) is 9.97 Å². The second-order valence-electron chi connectivity index (χ2n) is 2.21. The first-order valence-electron chi connectivity index (χ1n) is 3.58. The Morgan fingerprint density at radius 2 is 2.17 bits per heavy atom. The Morgan fingerprint density at radius 1 is 1.50 bits per heavy atom. The molecule has 1 aromatic rings. The lowest BCUT2D eigenvalue weighted by Gasteiger charge is -2.01. The van der Waals surface area contributed by atoms with E-state index in [1.807, 2.05) is 0 Å². The van der Waals surface area contributed by atoms with Crippen molar-refractivity contribution in [1.29, 1.82) is 0 Å². The molecule has 0 bridgehead atoms. The highest BCUT2D eigenvalue weighted by molar-refractivity contribution is 5.90. The third-order valence-corrected chi connectivity index (χ3v) is 1.22. The van der Waals surface area contributed by atoms with E-state index in [1.54, 1.807) is 0 Å². The first-order chi connectivity index (χ1) is 5.83. The van der Waals surface area contributed by atoms with Gasteiger partial charge >= 0.3 is 0 Å². The van der Waals surface area contributed by atoms with Crippen molar-refractivity contribution in [1.82, 2.24) is 9.97 Å². The molecule has 1 rings (SSSR count). The molecule has 3 N–H and O–H groups in total. The van der Waals surface area contributed by atoms with Crippen LogP contribution in [0.3, 0.4) is 0 Å². The average Bonchev–Trinajstić information content (AvgIpc) is 2.06. The summed E-state index contributed by atoms with van der Waals surface area (Å²) in [4.78, 5) is 18.4. The zero-order valence-electron chi connectivity index (χ0n) is 6.53. The van der Waals surface area contributed by atoms with E-state index in [1.165, 1.54) is 18.7 Å². The van der Waals surface area contributed by atoms with E-state index in [-0.39, 0.29) is 5.91 Å². The molecule has 5 heteroatoms. The molecule has 0 aromatic carbocycles. The van der Waals surface area contributed by atoms with Gasteiger partial charge in [0.2, 0.25) is 5.91 Å². The number of amides is 1. The fourth-order valence-electron chi connectivity index (χ4n) is 0.718. The number of nitrogens with two attached hydrogens (primary N) is 1. The number of anilines is 1. The normalized spacial score (nSPS) is 9.42. The molecule has 1 heterocycles. The van der Waals surface area contributed by atoms with E-state index in [4.69, 9.17) is 5.73 Å². The van der Waals surface area contributed by atoms with Gasteiger partial charge in [0.25, 0.3) is 0 Å². The van der Waals surface area contributed by atoms with Gasteiger partial charge in [0.1, 0.15) is 6.33 Å². The molecule has 0 atom stereocenters. The standard InChI is InChI=1S/C7H10N4O/c8-2-1-7(12)11-6-3-9-5-10-4-6/h3-5H,1-2,8H2,(H,11,12). The lowest BCUT2D eigenvalue weighted by molar-refractivity contribution is -0.116. The minimum Gasteiger partial charge on any atom is -0.330 e. The number of aromatic nitrogens is 2. The van der Waals surface area contributed by atoms with Crippen molar-refractivity contribution >= 4 is 11.6 Å². The maximum absolute atomic E-state index is 11.0. The van der Waals surface area contributed by atoms with Crippen LogP contribution >= 0.6 is 0 Å². The first kappa shape index (κ1) is 8.61. The highest BCUT2D eigenvalue weighted by Gasteiger charge is 1.99. The molecule has 0 saturated heterocycles. The summed E-state index contributed by atoms with van der Waals surface area (Å²) in [6.07, 6.45) is 4.77. The molecule has 0 aliphatic heterocycles. The monoisotopic (exact) mass is 166 g/mol. The topological polar surface area (TPSA) is 80.9 Å². The molecule has 64 valence electrons. The second-order valence-corrected chi connectivity index (χ2v) is 2.21. The molecular formula is C7H10N4O. The quantitative estimate of drug-likeness (QED) is 0.649. The lowest BCUT2D eigenvalue weighted by atomic mass is 10.4. The average molecular weight is 166 g/mol. The van der Waals surface area contributed by atoms with Crippen LogP contribution in [-0.4, -0.2) is 22.4 Å². The largest absolute Gasteiger partial charge is 0.330 e. The fraction of sp³-hybridized carbons (Fsp3) is 0.286. The Balaban J connectivity index is 2.47. The molecule has 0 radical (unpaired) electrons. The summed E-state index contributed by atoms with van der Waals surface area (Å²) in [6.45, 7) is 0.347. The maximum Gasteiger partial charge on any atom is 0.225 e. The van der Waals surface area contributed by atoms with Crippen LogP contribution in [0.5, 0.6) is 0 Å². The number of hydrogen-bond acceptors (Lipinski definition) is 4. The van der Waals surface area contributed by atoms with Crippen molar-refractivity contribution < 1.29 is 4.79 Å². The van der Waals surface area contributed by atoms with Crippen LogP contribution in [0.25, 0.3) is 0 Å². The van der Waals surface area contributed by atoms with Gasteiger partial charge in [-0.2, -0.15) is 0 Å². The first-order valence-corrected chi connectivity index (χ1v) is 3.58. The number of carbonyl (C=O) groups excluding carboxylic acids is 1. The van der Waals surface area contributed by atoms with E-state index in [0.29, 0.717) is 18.7 Å². The Kier molecular flexibility index (Phi) is 3.16. The molecular weight excluding hydrogens is 156 g/mol. The third-order valence-electron chi connectivity index (χ3n) is 1.22. The molecule has 0 unspecified atom stereocenters. The highest BCUT2D eigenvalue weighted by atomic mass is 16.1. The van der Waals surface area contributed by atoms with E-state index < -0.39 is 0 Å². The number of carbonyl (C=O) groups is 1. The molecule has 0 aliphatic rings. The van der Waals surface area contributed by atoms with Gasteiger partial charge in [0.05, 0.1) is 18.1 Å². The van der Waals surface area contributed by atoms with Gasteiger partial charge < -0.3 is 11.1 Å². The summed E-state index contributed by atoms with van der Waals surface area (Å²) in [7, 11) is 0. The Morgan fingerprint density at radius 3 is 2.75 bits per heavy atom. The van der Waals surface area contributed by atoms with Crippen molar-refractivity contribution in [3.63, 3.8) is 0 Å². The van der Waals surface area contributed by atoms with Gasteiger partial charge in [0, 0.05) is 13.0 Å². The molecule has 1 amide bonds. The molecule has 5 nitrogen and oxygen atoms in total. The van der Waals surface area contributed by atoms with E-state index in [9.17, 15) is 4.79 Å². The summed E-state index contributed by atoms with van der Waals surface area (Å²) in [6, 6.07) is 0. The Bertz CT molecular complexity index is 249. The number of nitrogens with one attached hydrogen (secondary N) is 1. The highest BCUT2D eigenvalue weighted by Crippen LogP contribution is 1.99. The predicted octanol–water partition coefficient (Wildman–Crippen LogP) is -0.236. The minimum absolute atomic E-state index is 0.118. The summed E-state index contributed by atoms with van der Waals surface area (Å²) in [5.41, 5.74) is 5.78. The summed E-state index contributed by atoms with van der Waals surface area (Å²) < 4.78 is 0. The zero-order chi connectivity index (χ0) is 8.81. The van der Waals surface area contributed by atoms with E-state index in [2.05, 4.69) is 15.3 Å². The van der Waals surface area contributed by atoms with E-state index in [0.717, 1.165) is 0 Å². The summed E-state index contributed by atoms with van der Waals surface area (Å²) >= 11 is 0. The Hall–Kier alpha value is -1.49. The maximum atomic E-state index is 11.0. The van der Waals surface area contributed by atoms with Crippen molar-refractivity contribution in [2.24, 2.45) is 5.73 Å². The minimum atomic E-state index is -0.118. The Labute approximate surface area is 70.0 Å². The second kappa shape index (κ2) is 4.40. The van der Waals surface area contributed by atoms with E-state index >= 15 is 0 Å². The van der Waals surface area contributed by atoms with Gasteiger partial charge in [-0.05, 0) is 0 Å². The van der Waals surface area contributed by atoms with Crippen molar-refractivity contribution in [3.8, 4) is 0 Å². The van der Waals surface area contributed by atoms with Crippen molar-refractivity contribution in [3.05, 3.63) is 18.7 Å². The molecule has 0 fully saturated rings. The van der Waals surface area contributed by atoms with Gasteiger partial charge in [-0.15, -0.1) is 0 Å². The van der Waals surface area contributed by atoms with Gasteiger partial charge in [-0.3, -0.25) is 4.79 Å². The number of rotatable bonds is 3. The smallest absolute Gasteiger partial charge is 0.225 e. The molecule has 0 spiro atoms. The van der Waals surface area contributed by atoms with Crippen LogP contribution in [0, 0.1) is 0 Å². The van der Waals surface area contributed by atoms with Crippen molar-refractivity contribution in [2.45, 2.75) is 6.42 Å². The molecule has 12 heavy (non-hydrogen) atoms. The summed E-state index contributed by atoms with van der Waals surface area (Å²) in [5, 5.41) is 2.60. The molecule has 0 saturated carbocycles.